The van der Waals surface area contributed by atoms with Crippen LogP contribution in [0.3, 0.4) is 0 Å². The molecule has 0 heterocycles. The largest absolute Gasteiger partial charge is 0.494 e. The van der Waals surface area contributed by atoms with Crippen LogP contribution in [0.1, 0.15) is 35.7 Å². The first-order valence-electron chi connectivity index (χ1n) is 8.48. The van der Waals surface area contributed by atoms with Crippen LogP contribution in [-0.2, 0) is 4.79 Å². The molecule has 2 rings (SSSR count). The molecule has 5 nitrogen and oxygen atoms in total. The molecule has 0 fully saturated rings. The highest BCUT2D eigenvalue weighted by Gasteiger charge is 2.03. The van der Waals surface area contributed by atoms with Gasteiger partial charge in [-0.05, 0) is 61.4 Å². The highest BCUT2D eigenvalue weighted by atomic mass is 16.5. The number of benzene rings is 2. The van der Waals surface area contributed by atoms with Crippen molar-refractivity contribution < 1.29 is 24.2 Å². The van der Waals surface area contributed by atoms with E-state index < -0.39 is 5.97 Å². The van der Waals surface area contributed by atoms with E-state index in [1.165, 1.54) is 6.08 Å². The molecule has 0 spiro atoms. The van der Waals surface area contributed by atoms with E-state index in [4.69, 9.17) is 14.6 Å². The van der Waals surface area contributed by atoms with Crippen LogP contribution in [-0.4, -0.2) is 30.1 Å². The van der Waals surface area contributed by atoms with E-state index in [2.05, 4.69) is 0 Å². The number of carbonyl (C=O) groups is 2. The maximum Gasteiger partial charge on any atom is 0.303 e. The number of carboxylic acids is 1. The summed E-state index contributed by atoms with van der Waals surface area (Å²) in [4.78, 5) is 22.7. The van der Waals surface area contributed by atoms with Gasteiger partial charge in [0.25, 0.3) is 0 Å². The number of ether oxygens (including phenoxy) is 2. The smallest absolute Gasteiger partial charge is 0.303 e. The van der Waals surface area contributed by atoms with Crippen LogP contribution in [0.15, 0.2) is 54.6 Å². The molecule has 2 aromatic carbocycles. The fourth-order valence-corrected chi connectivity index (χ4v) is 2.24. The molecule has 0 bridgehead atoms. The fourth-order valence-electron chi connectivity index (χ4n) is 2.24. The first-order chi connectivity index (χ1) is 12.6. The Bertz CT molecular complexity index is 745. The standard InChI is InChI=1S/C21H22O5/c1-2-25-18-10-5-16(6-11-18)7-14-20(22)17-8-12-19(13-9-17)26-15-3-4-21(23)24/h5-14H,2-4,15H2,1H3,(H,23,24)/b14-7+. The van der Waals surface area contributed by atoms with Crippen molar-refractivity contribution in [1.82, 2.24) is 0 Å². The zero-order valence-electron chi connectivity index (χ0n) is 14.7. The van der Waals surface area contributed by atoms with Crippen LogP contribution in [0.25, 0.3) is 6.08 Å². The molecule has 0 saturated carbocycles. The molecule has 0 aliphatic heterocycles. The van der Waals surface area contributed by atoms with Gasteiger partial charge in [0.05, 0.1) is 13.2 Å². The molecule has 136 valence electrons. The number of hydrogen-bond acceptors (Lipinski definition) is 4. The molecular formula is C21H22O5. The van der Waals surface area contributed by atoms with E-state index >= 15 is 0 Å². The molecule has 0 saturated heterocycles. The number of ketones is 1. The summed E-state index contributed by atoms with van der Waals surface area (Å²) in [5.41, 5.74) is 1.48. The third-order valence-electron chi connectivity index (χ3n) is 3.56. The van der Waals surface area contributed by atoms with E-state index in [1.807, 2.05) is 31.2 Å². The molecular weight excluding hydrogens is 332 g/mol. The summed E-state index contributed by atoms with van der Waals surface area (Å²) >= 11 is 0. The average Bonchev–Trinajstić information content (AvgIpc) is 2.65. The molecule has 0 atom stereocenters. The van der Waals surface area contributed by atoms with E-state index in [1.54, 1.807) is 30.3 Å². The average molecular weight is 354 g/mol. The van der Waals surface area contributed by atoms with Gasteiger partial charge < -0.3 is 14.6 Å². The lowest BCUT2D eigenvalue weighted by molar-refractivity contribution is -0.137. The minimum atomic E-state index is -0.839. The molecule has 0 unspecified atom stereocenters. The van der Waals surface area contributed by atoms with Gasteiger partial charge in [0, 0.05) is 12.0 Å². The Morgan fingerprint density at radius 2 is 1.58 bits per heavy atom. The van der Waals surface area contributed by atoms with Crippen molar-refractivity contribution in [3.8, 4) is 11.5 Å². The Labute approximate surface area is 152 Å². The summed E-state index contributed by atoms with van der Waals surface area (Å²) in [7, 11) is 0. The molecule has 0 aliphatic carbocycles. The van der Waals surface area contributed by atoms with Crippen molar-refractivity contribution in [2.75, 3.05) is 13.2 Å². The molecule has 1 N–H and O–H groups in total. The van der Waals surface area contributed by atoms with Crippen molar-refractivity contribution in [2.24, 2.45) is 0 Å². The van der Waals surface area contributed by atoms with Crippen LogP contribution >= 0.6 is 0 Å². The Hall–Kier alpha value is -3.08. The predicted octanol–water partition coefficient (Wildman–Crippen LogP) is 4.23. The topological polar surface area (TPSA) is 72.8 Å². The lowest BCUT2D eigenvalue weighted by Crippen LogP contribution is -2.02. The molecule has 0 aliphatic rings. The maximum absolute atomic E-state index is 12.2. The highest BCUT2D eigenvalue weighted by molar-refractivity contribution is 6.06. The zero-order chi connectivity index (χ0) is 18.8. The fraction of sp³-hybridized carbons (Fsp3) is 0.238. The predicted molar refractivity (Wildman–Crippen MR) is 99.8 cm³/mol. The van der Waals surface area contributed by atoms with Crippen molar-refractivity contribution in [1.29, 1.82) is 0 Å². The minimum absolute atomic E-state index is 0.0763. The summed E-state index contributed by atoms with van der Waals surface area (Å²) < 4.78 is 10.8. The molecule has 2 aromatic rings. The van der Waals surface area contributed by atoms with E-state index in [-0.39, 0.29) is 12.2 Å². The first-order valence-corrected chi connectivity index (χ1v) is 8.48. The Balaban J connectivity index is 1.87. The van der Waals surface area contributed by atoms with Gasteiger partial charge in [-0.3, -0.25) is 9.59 Å². The maximum atomic E-state index is 12.2. The molecule has 0 aromatic heterocycles. The van der Waals surface area contributed by atoms with Gasteiger partial charge in [-0.2, -0.15) is 0 Å². The summed E-state index contributed by atoms with van der Waals surface area (Å²) in [6.45, 7) is 2.88. The SMILES string of the molecule is CCOc1ccc(/C=C/C(=O)c2ccc(OCCCC(=O)O)cc2)cc1. The highest BCUT2D eigenvalue weighted by Crippen LogP contribution is 2.15. The number of aliphatic carboxylic acids is 1. The summed E-state index contributed by atoms with van der Waals surface area (Å²) in [5.74, 6) is 0.475. The number of carboxylic acid groups (broad SMARTS) is 1. The monoisotopic (exact) mass is 354 g/mol. The van der Waals surface area contributed by atoms with E-state index in [0.717, 1.165) is 11.3 Å². The second-order valence-corrected chi connectivity index (χ2v) is 5.57. The van der Waals surface area contributed by atoms with Gasteiger partial charge in [0.2, 0.25) is 0 Å². The van der Waals surface area contributed by atoms with Crippen molar-refractivity contribution in [3.63, 3.8) is 0 Å². The lowest BCUT2D eigenvalue weighted by atomic mass is 10.1. The second kappa shape index (κ2) is 10.0. The lowest BCUT2D eigenvalue weighted by Gasteiger charge is -2.05. The Morgan fingerprint density at radius 1 is 0.962 bits per heavy atom. The zero-order valence-corrected chi connectivity index (χ0v) is 14.7. The van der Waals surface area contributed by atoms with Gasteiger partial charge in [-0.15, -0.1) is 0 Å². The summed E-state index contributed by atoms with van der Waals surface area (Å²) in [6, 6.07) is 14.3. The van der Waals surface area contributed by atoms with Crippen LogP contribution in [0.2, 0.25) is 0 Å². The van der Waals surface area contributed by atoms with Crippen LogP contribution in [0, 0.1) is 0 Å². The van der Waals surface area contributed by atoms with Crippen LogP contribution in [0.4, 0.5) is 0 Å². The third kappa shape index (κ3) is 6.43. The Kier molecular flexibility index (Phi) is 7.43. The quantitative estimate of drug-likeness (QED) is 0.393. The van der Waals surface area contributed by atoms with Crippen molar-refractivity contribution in [3.05, 3.63) is 65.7 Å². The summed E-state index contributed by atoms with van der Waals surface area (Å²) in [5, 5.41) is 8.57. The number of carbonyl (C=O) groups excluding carboxylic acids is 1. The van der Waals surface area contributed by atoms with Gasteiger partial charge in [-0.25, -0.2) is 0 Å². The van der Waals surface area contributed by atoms with Crippen molar-refractivity contribution >= 4 is 17.8 Å². The molecule has 5 heteroatoms. The van der Waals surface area contributed by atoms with Crippen LogP contribution < -0.4 is 9.47 Å². The van der Waals surface area contributed by atoms with Gasteiger partial charge in [0.1, 0.15) is 11.5 Å². The molecule has 0 amide bonds. The second-order valence-electron chi connectivity index (χ2n) is 5.57. The van der Waals surface area contributed by atoms with Gasteiger partial charge in [-0.1, -0.05) is 18.2 Å². The first kappa shape index (κ1) is 19.2. The van der Waals surface area contributed by atoms with Gasteiger partial charge >= 0.3 is 5.97 Å². The summed E-state index contributed by atoms with van der Waals surface area (Å²) in [6.07, 6.45) is 3.81. The van der Waals surface area contributed by atoms with Crippen LogP contribution in [0.5, 0.6) is 11.5 Å². The number of allylic oxidation sites excluding steroid dienone is 1. The number of rotatable bonds is 10. The van der Waals surface area contributed by atoms with E-state index in [9.17, 15) is 9.59 Å². The number of hydrogen-bond donors (Lipinski definition) is 1. The normalized spacial score (nSPS) is 10.7. The third-order valence-corrected chi connectivity index (χ3v) is 3.56. The molecule has 26 heavy (non-hydrogen) atoms. The minimum Gasteiger partial charge on any atom is -0.494 e. The van der Waals surface area contributed by atoms with E-state index in [0.29, 0.717) is 30.9 Å². The van der Waals surface area contributed by atoms with Crippen molar-refractivity contribution in [2.45, 2.75) is 19.8 Å². The molecule has 0 radical (unpaired) electrons. The Morgan fingerprint density at radius 3 is 2.19 bits per heavy atom. The van der Waals surface area contributed by atoms with Gasteiger partial charge in [0.15, 0.2) is 5.78 Å².